The minimum Gasteiger partial charge on any atom is -0.385 e. The molecule has 1 fully saturated rings. The minimum absolute atomic E-state index is 0.359. The van der Waals surface area contributed by atoms with Crippen molar-refractivity contribution < 1.29 is 9.63 Å². The van der Waals surface area contributed by atoms with Crippen LogP contribution in [-0.2, 0) is 0 Å². The molecule has 0 saturated carbocycles. The number of aromatic nitrogens is 2. The molecule has 0 aromatic carbocycles. The quantitative estimate of drug-likeness (QED) is 0.566. The Hall–Kier alpha value is -1.14. The molecule has 2 rings (SSSR count). The summed E-state index contributed by atoms with van der Waals surface area (Å²) in [7, 11) is 0. The molecule has 2 heterocycles. The SMILES string of the molecule is Cc1noc(NCC2(O)CNC2)n1. The first-order valence-electron chi connectivity index (χ1n) is 4.15. The molecule has 6 nitrogen and oxygen atoms in total. The Bertz CT molecular complexity index is 294. The van der Waals surface area contributed by atoms with Crippen LogP contribution in [0.3, 0.4) is 0 Å². The van der Waals surface area contributed by atoms with Crippen LogP contribution < -0.4 is 10.6 Å². The van der Waals surface area contributed by atoms with Crippen molar-refractivity contribution in [2.75, 3.05) is 25.0 Å². The van der Waals surface area contributed by atoms with Crippen molar-refractivity contribution in [3.05, 3.63) is 5.82 Å². The summed E-state index contributed by atoms with van der Waals surface area (Å²) in [5, 5.41) is 19.1. The van der Waals surface area contributed by atoms with E-state index >= 15 is 0 Å². The lowest BCUT2D eigenvalue weighted by Crippen LogP contribution is -2.63. The van der Waals surface area contributed by atoms with Gasteiger partial charge in [-0.05, 0) is 6.92 Å². The first-order valence-corrected chi connectivity index (χ1v) is 4.15. The molecule has 0 unspecified atom stereocenters. The zero-order chi connectivity index (χ0) is 9.31. The molecule has 0 radical (unpaired) electrons. The van der Waals surface area contributed by atoms with E-state index in [-0.39, 0.29) is 0 Å². The van der Waals surface area contributed by atoms with Crippen LogP contribution in [0.2, 0.25) is 0 Å². The molecule has 1 aliphatic rings. The summed E-state index contributed by atoms with van der Waals surface area (Å²) >= 11 is 0. The van der Waals surface area contributed by atoms with Gasteiger partial charge in [-0.2, -0.15) is 4.98 Å². The molecule has 1 aromatic rings. The van der Waals surface area contributed by atoms with E-state index < -0.39 is 5.60 Å². The van der Waals surface area contributed by atoms with Crippen LogP contribution in [0.1, 0.15) is 5.82 Å². The normalized spacial score (nSPS) is 19.5. The van der Waals surface area contributed by atoms with Crippen molar-refractivity contribution in [1.29, 1.82) is 0 Å². The Balaban J connectivity index is 1.85. The van der Waals surface area contributed by atoms with Crippen molar-refractivity contribution >= 4 is 6.01 Å². The monoisotopic (exact) mass is 184 g/mol. The van der Waals surface area contributed by atoms with Crippen LogP contribution in [0.5, 0.6) is 0 Å². The van der Waals surface area contributed by atoms with Gasteiger partial charge in [-0.3, -0.25) is 0 Å². The number of hydrogen-bond acceptors (Lipinski definition) is 6. The molecule has 6 heteroatoms. The van der Waals surface area contributed by atoms with Gasteiger partial charge < -0.3 is 20.3 Å². The van der Waals surface area contributed by atoms with Crippen LogP contribution in [-0.4, -0.2) is 40.5 Å². The molecule has 1 aromatic heterocycles. The van der Waals surface area contributed by atoms with E-state index in [0.29, 0.717) is 31.5 Å². The molecule has 3 N–H and O–H groups in total. The molecule has 1 saturated heterocycles. The zero-order valence-electron chi connectivity index (χ0n) is 7.37. The Morgan fingerprint density at radius 3 is 2.92 bits per heavy atom. The largest absolute Gasteiger partial charge is 0.385 e. The highest BCUT2D eigenvalue weighted by Gasteiger charge is 2.34. The molecular weight excluding hydrogens is 172 g/mol. The Morgan fingerprint density at radius 2 is 2.46 bits per heavy atom. The second kappa shape index (κ2) is 2.97. The second-order valence-corrected chi connectivity index (χ2v) is 3.33. The maximum Gasteiger partial charge on any atom is 0.321 e. The predicted octanol–water partition coefficient (Wildman–Crippen LogP) is -0.876. The fourth-order valence-corrected chi connectivity index (χ4v) is 1.15. The molecule has 0 amide bonds. The summed E-state index contributed by atoms with van der Waals surface area (Å²) in [5.41, 5.74) is -0.664. The lowest BCUT2D eigenvalue weighted by atomic mass is 9.98. The Labute approximate surface area is 75.3 Å². The van der Waals surface area contributed by atoms with Gasteiger partial charge in [-0.25, -0.2) is 0 Å². The van der Waals surface area contributed by atoms with Gasteiger partial charge in [-0.15, -0.1) is 0 Å². The number of nitrogens with zero attached hydrogens (tertiary/aromatic N) is 2. The van der Waals surface area contributed by atoms with Crippen molar-refractivity contribution in [3.8, 4) is 0 Å². The van der Waals surface area contributed by atoms with Gasteiger partial charge in [0.25, 0.3) is 0 Å². The Morgan fingerprint density at radius 1 is 1.69 bits per heavy atom. The Kier molecular flexibility index (Phi) is 1.93. The van der Waals surface area contributed by atoms with Gasteiger partial charge in [0.1, 0.15) is 5.60 Å². The molecule has 72 valence electrons. The summed E-state index contributed by atoms with van der Waals surface area (Å²) in [4.78, 5) is 3.95. The fraction of sp³-hybridized carbons (Fsp3) is 0.714. The first kappa shape index (κ1) is 8.46. The molecular formula is C7H12N4O2. The summed E-state index contributed by atoms with van der Waals surface area (Å²) < 4.78 is 4.82. The van der Waals surface area contributed by atoms with E-state index in [1.165, 1.54) is 0 Å². The number of hydrogen-bond donors (Lipinski definition) is 3. The van der Waals surface area contributed by atoms with Gasteiger partial charge in [0.15, 0.2) is 5.82 Å². The third kappa shape index (κ3) is 1.78. The lowest BCUT2D eigenvalue weighted by molar-refractivity contribution is 0.00263. The van der Waals surface area contributed by atoms with Crippen LogP contribution >= 0.6 is 0 Å². The van der Waals surface area contributed by atoms with Crippen molar-refractivity contribution in [1.82, 2.24) is 15.5 Å². The third-order valence-corrected chi connectivity index (χ3v) is 2.00. The summed E-state index contributed by atoms with van der Waals surface area (Å²) in [6.07, 6.45) is 0. The maximum absolute atomic E-state index is 9.66. The van der Waals surface area contributed by atoms with Gasteiger partial charge in [0.2, 0.25) is 0 Å². The molecule has 1 aliphatic heterocycles. The van der Waals surface area contributed by atoms with Crippen molar-refractivity contribution in [3.63, 3.8) is 0 Å². The van der Waals surface area contributed by atoms with Gasteiger partial charge in [0, 0.05) is 13.1 Å². The van der Waals surface area contributed by atoms with Gasteiger partial charge in [-0.1, -0.05) is 5.16 Å². The lowest BCUT2D eigenvalue weighted by Gasteiger charge is -2.37. The van der Waals surface area contributed by atoms with Crippen LogP contribution in [0.15, 0.2) is 4.52 Å². The van der Waals surface area contributed by atoms with E-state index in [2.05, 4.69) is 20.8 Å². The molecule has 0 atom stereocenters. The number of β-amino-alcohol motifs (C(OH)–C–C–N with tert-alkyl or cyclic N) is 1. The van der Waals surface area contributed by atoms with E-state index in [4.69, 9.17) is 4.52 Å². The summed E-state index contributed by atoms with van der Waals surface area (Å²) in [5.74, 6) is 0.584. The number of aliphatic hydroxyl groups is 1. The number of nitrogens with one attached hydrogen (secondary N) is 2. The summed E-state index contributed by atoms with van der Waals surface area (Å²) in [6, 6.07) is 0.359. The minimum atomic E-state index is -0.664. The predicted molar refractivity (Wildman–Crippen MR) is 45.3 cm³/mol. The molecule has 13 heavy (non-hydrogen) atoms. The van der Waals surface area contributed by atoms with E-state index in [0.717, 1.165) is 0 Å². The molecule has 0 spiro atoms. The standard InChI is InChI=1S/C7H12N4O2/c1-5-10-6(13-11-5)9-4-7(12)2-8-3-7/h8,12H,2-4H2,1H3,(H,9,10,11). The maximum atomic E-state index is 9.66. The fourth-order valence-electron chi connectivity index (χ4n) is 1.15. The molecule has 0 aliphatic carbocycles. The van der Waals surface area contributed by atoms with E-state index in [1.54, 1.807) is 6.92 Å². The van der Waals surface area contributed by atoms with E-state index in [9.17, 15) is 5.11 Å². The van der Waals surface area contributed by atoms with E-state index in [1.807, 2.05) is 0 Å². The van der Waals surface area contributed by atoms with Crippen LogP contribution in [0, 0.1) is 6.92 Å². The van der Waals surface area contributed by atoms with Crippen LogP contribution in [0.4, 0.5) is 6.01 Å². The highest BCUT2D eigenvalue weighted by Crippen LogP contribution is 2.11. The van der Waals surface area contributed by atoms with Crippen molar-refractivity contribution in [2.45, 2.75) is 12.5 Å². The van der Waals surface area contributed by atoms with Crippen molar-refractivity contribution in [2.24, 2.45) is 0 Å². The topological polar surface area (TPSA) is 83.2 Å². The summed E-state index contributed by atoms with van der Waals surface area (Å²) in [6.45, 7) is 3.39. The molecule has 0 bridgehead atoms. The van der Waals surface area contributed by atoms with Crippen LogP contribution in [0.25, 0.3) is 0 Å². The number of anilines is 1. The third-order valence-electron chi connectivity index (χ3n) is 2.00. The van der Waals surface area contributed by atoms with Gasteiger partial charge in [0.05, 0.1) is 6.54 Å². The highest BCUT2D eigenvalue weighted by atomic mass is 16.5. The number of rotatable bonds is 3. The average Bonchev–Trinajstić information content (AvgIpc) is 2.44. The number of aryl methyl sites for hydroxylation is 1. The van der Waals surface area contributed by atoms with Gasteiger partial charge >= 0.3 is 6.01 Å². The smallest absolute Gasteiger partial charge is 0.321 e. The zero-order valence-corrected chi connectivity index (χ0v) is 7.37. The average molecular weight is 184 g/mol. The second-order valence-electron chi connectivity index (χ2n) is 3.33. The highest BCUT2D eigenvalue weighted by molar-refractivity contribution is 5.20. The first-order chi connectivity index (χ1) is 6.18.